The molecule has 0 aliphatic carbocycles. The van der Waals surface area contributed by atoms with Crippen LogP contribution in [0.25, 0.3) is 0 Å². The highest BCUT2D eigenvalue weighted by molar-refractivity contribution is 7.99. The van der Waals surface area contributed by atoms with E-state index in [1.165, 1.54) is 39.7 Å². The number of nitrogens with zero attached hydrogens (tertiary/aromatic N) is 4. The van der Waals surface area contributed by atoms with Crippen molar-refractivity contribution in [2.24, 2.45) is 0 Å². The van der Waals surface area contributed by atoms with E-state index in [1.54, 1.807) is 11.4 Å². The number of thioether (sulfide) groups is 1. The van der Waals surface area contributed by atoms with Gasteiger partial charge in [-0.05, 0) is 19.1 Å². The van der Waals surface area contributed by atoms with Crippen molar-refractivity contribution >= 4 is 38.9 Å². The van der Waals surface area contributed by atoms with E-state index >= 15 is 0 Å². The molecule has 0 saturated carbocycles. The van der Waals surface area contributed by atoms with Crippen molar-refractivity contribution in [1.82, 2.24) is 14.3 Å². The maximum atomic E-state index is 12.6. The van der Waals surface area contributed by atoms with Gasteiger partial charge in [0.25, 0.3) is 0 Å². The number of aryl methyl sites for hydroxylation is 1. The van der Waals surface area contributed by atoms with Gasteiger partial charge in [-0.3, -0.25) is 4.79 Å². The topological polar surface area (TPSA) is 113 Å². The van der Waals surface area contributed by atoms with Crippen LogP contribution in [0, 0.1) is 18.3 Å². The molecule has 1 unspecified atom stereocenters. The molecule has 0 bridgehead atoms. The average Bonchev–Trinajstić information content (AvgIpc) is 3.14. The molecule has 1 aliphatic heterocycles. The summed E-state index contributed by atoms with van der Waals surface area (Å²) in [5, 5.41) is 12.1. The minimum atomic E-state index is -3.60. The Labute approximate surface area is 171 Å². The van der Waals surface area contributed by atoms with Gasteiger partial charge in [0.1, 0.15) is 9.90 Å². The van der Waals surface area contributed by atoms with Gasteiger partial charge in [0.2, 0.25) is 10.0 Å². The van der Waals surface area contributed by atoms with Crippen LogP contribution < -0.4 is 0 Å². The van der Waals surface area contributed by atoms with Gasteiger partial charge in [0.05, 0.1) is 30.1 Å². The van der Waals surface area contributed by atoms with E-state index < -0.39 is 15.9 Å². The first kappa shape index (κ1) is 20.9. The fourth-order valence-corrected chi connectivity index (χ4v) is 5.50. The standard InChI is InChI=1S/C17H18N4O4S3/c1-12-10-27-17(20-12)14(8-18)15(22)11-26-16-3-2-13(9-19-16)28(23,24)21-4-6-25-7-5-21/h2-3,9-10,14H,4-7,11H2,1H3. The number of aromatic nitrogens is 2. The first-order valence-electron chi connectivity index (χ1n) is 8.43. The summed E-state index contributed by atoms with van der Waals surface area (Å²) in [6.45, 7) is 3.20. The van der Waals surface area contributed by atoms with Gasteiger partial charge in [-0.1, -0.05) is 11.8 Å². The molecular weight excluding hydrogens is 420 g/mol. The van der Waals surface area contributed by atoms with Crippen molar-refractivity contribution in [3.05, 3.63) is 34.4 Å². The van der Waals surface area contributed by atoms with E-state index in [0.29, 0.717) is 36.3 Å². The fraction of sp³-hybridized carbons (Fsp3) is 0.412. The molecule has 2 aromatic heterocycles. The van der Waals surface area contributed by atoms with Crippen molar-refractivity contribution < 1.29 is 17.9 Å². The second-order valence-electron chi connectivity index (χ2n) is 5.99. The van der Waals surface area contributed by atoms with Gasteiger partial charge in [-0.15, -0.1) is 11.3 Å². The van der Waals surface area contributed by atoms with Crippen molar-refractivity contribution in [1.29, 1.82) is 5.26 Å². The van der Waals surface area contributed by atoms with Crippen LogP contribution in [0.2, 0.25) is 0 Å². The van der Waals surface area contributed by atoms with Crippen LogP contribution in [-0.2, 0) is 19.6 Å². The minimum absolute atomic E-state index is 0.0550. The highest BCUT2D eigenvalue weighted by atomic mass is 32.2. The number of pyridine rings is 1. The predicted molar refractivity (Wildman–Crippen MR) is 105 cm³/mol. The molecular formula is C17H18N4O4S3. The Hall–Kier alpha value is -1.84. The summed E-state index contributed by atoms with van der Waals surface area (Å²) in [6.07, 6.45) is 1.30. The quantitative estimate of drug-likeness (QED) is 0.602. The van der Waals surface area contributed by atoms with Crippen LogP contribution in [0.15, 0.2) is 33.6 Å². The van der Waals surface area contributed by atoms with Crippen LogP contribution >= 0.6 is 23.1 Å². The summed E-state index contributed by atoms with van der Waals surface area (Å²) >= 11 is 2.46. The number of Topliss-reactive ketones (excluding diaryl/α,β-unsaturated/α-hetero) is 1. The zero-order valence-electron chi connectivity index (χ0n) is 15.1. The SMILES string of the molecule is Cc1csc(C(C#N)C(=O)CSc2ccc(S(=O)(=O)N3CCOCC3)cn2)n1. The van der Waals surface area contributed by atoms with Gasteiger partial charge < -0.3 is 4.74 Å². The maximum absolute atomic E-state index is 12.6. The molecule has 0 amide bonds. The normalized spacial score (nSPS) is 16.4. The highest BCUT2D eigenvalue weighted by Gasteiger charge is 2.27. The van der Waals surface area contributed by atoms with E-state index in [4.69, 9.17) is 4.74 Å². The maximum Gasteiger partial charge on any atom is 0.244 e. The second kappa shape index (κ2) is 9.11. The molecule has 0 spiro atoms. The molecule has 0 radical (unpaired) electrons. The van der Waals surface area contributed by atoms with Crippen LogP contribution in [0.3, 0.4) is 0 Å². The van der Waals surface area contributed by atoms with E-state index in [0.717, 1.165) is 5.69 Å². The Kier molecular flexibility index (Phi) is 6.79. The smallest absolute Gasteiger partial charge is 0.244 e. The predicted octanol–water partition coefficient (Wildman–Crippen LogP) is 1.84. The molecule has 1 saturated heterocycles. The first-order chi connectivity index (χ1) is 13.4. The third kappa shape index (κ3) is 4.76. The number of rotatable bonds is 7. The van der Waals surface area contributed by atoms with E-state index in [1.807, 2.05) is 13.0 Å². The van der Waals surface area contributed by atoms with Gasteiger partial charge in [-0.2, -0.15) is 9.57 Å². The van der Waals surface area contributed by atoms with Crippen molar-refractivity contribution in [2.75, 3.05) is 32.1 Å². The minimum Gasteiger partial charge on any atom is -0.379 e. The van der Waals surface area contributed by atoms with E-state index in [9.17, 15) is 18.5 Å². The molecule has 28 heavy (non-hydrogen) atoms. The summed E-state index contributed by atoms with van der Waals surface area (Å²) in [7, 11) is -3.60. The van der Waals surface area contributed by atoms with Gasteiger partial charge in [-0.25, -0.2) is 18.4 Å². The molecule has 2 aromatic rings. The lowest BCUT2D eigenvalue weighted by Gasteiger charge is -2.25. The molecule has 0 aromatic carbocycles. The zero-order valence-corrected chi connectivity index (χ0v) is 17.5. The molecule has 3 heterocycles. The van der Waals surface area contributed by atoms with Gasteiger partial charge >= 0.3 is 0 Å². The van der Waals surface area contributed by atoms with Crippen LogP contribution in [0.1, 0.15) is 16.6 Å². The van der Waals surface area contributed by atoms with E-state index in [2.05, 4.69) is 9.97 Å². The largest absolute Gasteiger partial charge is 0.379 e. The summed E-state index contributed by atoms with van der Waals surface area (Å²) in [5.41, 5.74) is 0.777. The third-order valence-corrected chi connectivity index (χ3v) is 7.89. The van der Waals surface area contributed by atoms with Gasteiger partial charge in [0, 0.05) is 30.4 Å². The zero-order chi connectivity index (χ0) is 20.1. The third-order valence-electron chi connectivity index (χ3n) is 4.01. The molecule has 8 nitrogen and oxygen atoms in total. The Balaban J connectivity index is 1.62. The van der Waals surface area contributed by atoms with Crippen molar-refractivity contribution in [2.45, 2.75) is 22.8 Å². The van der Waals surface area contributed by atoms with Crippen LogP contribution in [0.5, 0.6) is 0 Å². The lowest BCUT2D eigenvalue weighted by atomic mass is 10.1. The number of morpholine rings is 1. The molecule has 0 N–H and O–H groups in total. The van der Waals surface area contributed by atoms with Crippen LogP contribution in [-0.4, -0.2) is 60.5 Å². The summed E-state index contributed by atoms with van der Waals surface area (Å²) in [6, 6.07) is 5.06. The average molecular weight is 439 g/mol. The number of ketones is 1. The molecule has 1 atom stereocenters. The molecule has 3 rings (SSSR count). The number of hydrogen-bond donors (Lipinski definition) is 0. The monoisotopic (exact) mass is 438 g/mol. The summed E-state index contributed by atoms with van der Waals surface area (Å²) < 4.78 is 31.7. The Morgan fingerprint density at radius 2 is 2.18 bits per heavy atom. The number of carbonyl (C=O) groups is 1. The number of carbonyl (C=O) groups excluding carboxylic acids is 1. The molecule has 11 heteroatoms. The number of sulfonamides is 1. The number of thiazole rings is 1. The first-order valence-corrected chi connectivity index (χ1v) is 11.7. The molecule has 1 fully saturated rings. The Bertz CT molecular complexity index is 977. The summed E-state index contributed by atoms with van der Waals surface area (Å²) in [5.74, 6) is -1.10. The lowest BCUT2D eigenvalue weighted by Crippen LogP contribution is -2.40. The second-order valence-corrected chi connectivity index (χ2v) is 9.82. The summed E-state index contributed by atoms with van der Waals surface area (Å²) in [4.78, 5) is 20.8. The Morgan fingerprint density at radius 1 is 1.43 bits per heavy atom. The highest BCUT2D eigenvalue weighted by Crippen LogP contribution is 2.25. The number of hydrogen-bond acceptors (Lipinski definition) is 9. The Morgan fingerprint density at radius 3 is 2.75 bits per heavy atom. The van der Waals surface area contributed by atoms with Crippen LogP contribution in [0.4, 0.5) is 0 Å². The van der Waals surface area contributed by atoms with Crippen molar-refractivity contribution in [3.8, 4) is 6.07 Å². The van der Waals surface area contributed by atoms with E-state index in [-0.39, 0.29) is 16.4 Å². The fourth-order valence-electron chi connectivity index (χ4n) is 2.54. The number of nitriles is 1. The lowest BCUT2D eigenvalue weighted by molar-refractivity contribution is -0.116. The van der Waals surface area contributed by atoms with Crippen molar-refractivity contribution in [3.63, 3.8) is 0 Å². The van der Waals surface area contributed by atoms with Gasteiger partial charge in [0.15, 0.2) is 11.7 Å². The number of ether oxygens (including phenoxy) is 1. The molecule has 1 aliphatic rings. The molecule has 148 valence electrons.